The molecule has 1 amide bonds. The summed E-state index contributed by atoms with van der Waals surface area (Å²) in [6, 6.07) is 13.4. The molecule has 0 N–H and O–H groups in total. The number of aromatic nitrogens is 2. The summed E-state index contributed by atoms with van der Waals surface area (Å²) in [6.45, 7) is 0.261. The number of amides is 1. The molecule has 2 aromatic carbocycles. The maximum absolute atomic E-state index is 13.4. The highest BCUT2D eigenvalue weighted by Gasteiger charge is 2.24. The highest BCUT2D eigenvalue weighted by molar-refractivity contribution is 7.91. The second kappa shape index (κ2) is 11.6. The number of carbonyl (C=O) groups excluding carboxylic acids is 1. The lowest BCUT2D eigenvalue weighted by Gasteiger charge is -2.20. The zero-order chi connectivity index (χ0) is 26.4. The predicted octanol–water partition coefficient (Wildman–Crippen LogP) is 4.50. The van der Waals surface area contributed by atoms with E-state index in [4.69, 9.17) is 19.2 Å². The van der Waals surface area contributed by atoms with Gasteiger partial charge in [0.05, 0.1) is 38.5 Å². The fraction of sp³-hybridized carbons (Fsp3) is 0.269. The highest BCUT2D eigenvalue weighted by atomic mass is 32.2. The Labute approximate surface area is 219 Å². The molecule has 11 heteroatoms. The molecule has 4 rings (SSSR count). The zero-order valence-corrected chi connectivity index (χ0v) is 22.3. The number of anilines is 1. The molecule has 0 atom stereocenters. The van der Waals surface area contributed by atoms with E-state index in [1.807, 2.05) is 12.1 Å². The molecule has 0 fully saturated rings. The fourth-order valence-corrected chi connectivity index (χ4v) is 6.17. The number of hydrogen-bond donors (Lipinski definition) is 0. The topological polar surface area (TPSA) is 108 Å². The first-order chi connectivity index (χ1) is 17.9. The number of sulfone groups is 1. The van der Waals surface area contributed by atoms with Crippen LogP contribution in [0.3, 0.4) is 0 Å². The van der Waals surface area contributed by atoms with Crippen molar-refractivity contribution in [1.29, 1.82) is 0 Å². The molecule has 0 aliphatic carbocycles. The SMILES string of the molecule is COc1ccc(S(=O)(=O)CCCC(=O)N(Cc2ccncc2)c2nc3c(OC)ccc(OC)c3s2)cc1. The molecule has 2 aromatic heterocycles. The third kappa shape index (κ3) is 6.00. The molecular weight excluding hydrogens is 514 g/mol. The van der Waals surface area contributed by atoms with E-state index in [1.54, 1.807) is 55.8 Å². The van der Waals surface area contributed by atoms with Crippen LogP contribution < -0.4 is 19.1 Å². The molecule has 0 saturated heterocycles. The number of methoxy groups -OCH3 is 3. The summed E-state index contributed by atoms with van der Waals surface area (Å²) in [5.74, 6) is 1.38. The van der Waals surface area contributed by atoms with E-state index >= 15 is 0 Å². The van der Waals surface area contributed by atoms with Crippen molar-refractivity contribution in [2.24, 2.45) is 0 Å². The molecule has 0 aliphatic rings. The summed E-state index contributed by atoms with van der Waals surface area (Å²) in [4.78, 5) is 24.0. The molecule has 0 bridgehead atoms. The van der Waals surface area contributed by atoms with Gasteiger partial charge in [-0.25, -0.2) is 13.4 Å². The van der Waals surface area contributed by atoms with Crippen LogP contribution in [0.4, 0.5) is 5.13 Å². The lowest BCUT2D eigenvalue weighted by Crippen LogP contribution is -2.30. The van der Waals surface area contributed by atoms with Crippen LogP contribution in [0.25, 0.3) is 10.2 Å². The van der Waals surface area contributed by atoms with Crippen molar-refractivity contribution >= 4 is 42.4 Å². The van der Waals surface area contributed by atoms with Gasteiger partial charge >= 0.3 is 0 Å². The number of carbonyl (C=O) groups is 1. The minimum absolute atomic E-state index is 0.0324. The molecule has 4 aromatic rings. The molecule has 0 radical (unpaired) electrons. The second-order valence-corrected chi connectivity index (χ2v) is 11.2. The van der Waals surface area contributed by atoms with E-state index in [0.717, 1.165) is 10.3 Å². The van der Waals surface area contributed by atoms with Crippen LogP contribution >= 0.6 is 11.3 Å². The Balaban J connectivity index is 1.57. The number of ether oxygens (including phenoxy) is 3. The minimum atomic E-state index is -3.55. The van der Waals surface area contributed by atoms with Gasteiger partial charge < -0.3 is 14.2 Å². The molecule has 0 aliphatic heterocycles. The van der Waals surface area contributed by atoms with Crippen LogP contribution in [-0.2, 0) is 21.2 Å². The molecular formula is C26H27N3O6S2. The van der Waals surface area contributed by atoms with Crippen molar-refractivity contribution in [1.82, 2.24) is 9.97 Å². The maximum atomic E-state index is 13.4. The Morgan fingerprint density at radius 1 is 0.919 bits per heavy atom. The van der Waals surface area contributed by atoms with Gasteiger partial charge in [-0.05, 0) is 60.5 Å². The van der Waals surface area contributed by atoms with E-state index in [-0.39, 0.29) is 35.9 Å². The van der Waals surface area contributed by atoms with Crippen molar-refractivity contribution in [3.8, 4) is 17.2 Å². The van der Waals surface area contributed by atoms with E-state index in [9.17, 15) is 13.2 Å². The standard InChI is InChI=1S/C26H27N3O6S2/c1-33-19-6-8-20(9-7-19)37(31,32)16-4-5-23(30)29(17-18-12-14-27-15-13-18)26-28-24-21(34-2)10-11-22(35-3)25(24)36-26/h6-15H,4-5,16-17H2,1-3H3. The lowest BCUT2D eigenvalue weighted by atomic mass is 10.2. The Bertz CT molecular complexity index is 1430. The first-order valence-corrected chi connectivity index (χ1v) is 13.9. The highest BCUT2D eigenvalue weighted by Crippen LogP contribution is 2.40. The van der Waals surface area contributed by atoms with Crippen LogP contribution in [0.1, 0.15) is 18.4 Å². The van der Waals surface area contributed by atoms with Crippen molar-refractivity contribution in [2.75, 3.05) is 32.0 Å². The zero-order valence-electron chi connectivity index (χ0n) is 20.7. The predicted molar refractivity (Wildman–Crippen MR) is 142 cm³/mol. The van der Waals surface area contributed by atoms with Crippen LogP contribution in [0, 0.1) is 0 Å². The van der Waals surface area contributed by atoms with E-state index < -0.39 is 9.84 Å². The van der Waals surface area contributed by atoms with Gasteiger partial charge in [0.2, 0.25) is 5.91 Å². The monoisotopic (exact) mass is 541 g/mol. The quantitative estimate of drug-likeness (QED) is 0.273. The summed E-state index contributed by atoms with van der Waals surface area (Å²) in [5.41, 5.74) is 1.46. The lowest BCUT2D eigenvalue weighted by molar-refractivity contribution is -0.118. The second-order valence-electron chi connectivity index (χ2n) is 8.08. The number of hydrogen-bond acceptors (Lipinski definition) is 9. The van der Waals surface area contributed by atoms with Crippen LogP contribution in [0.5, 0.6) is 17.2 Å². The van der Waals surface area contributed by atoms with Gasteiger partial charge in [-0.3, -0.25) is 14.7 Å². The number of nitrogens with zero attached hydrogens (tertiary/aromatic N) is 3. The van der Waals surface area contributed by atoms with Crippen LogP contribution in [-0.4, -0.2) is 51.4 Å². The number of rotatable bonds is 11. The van der Waals surface area contributed by atoms with Gasteiger partial charge in [0, 0.05) is 18.8 Å². The van der Waals surface area contributed by atoms with Crippen LogP contribution in [0.2, 0.25) is 0 Å². The van der Waals surface area contributed by atoms with Crippen LogP contribution in [0.15, 0.2) is 65.8 Å². The fourth-order valence-electron chi connectivity index (χ4n) is 3.77. The number of fused-ring (bicyclic) bond motifs is 1. The number of pyridine rings is 1. The van der Waals surface area contributed by atoms with Gasteiger partial charge in [0.25, 0.3) is 0 Å². The smallest absolute Gasteiger partial charge is 0.229 e. The normalized spacial score (nSPS) is 11.3. The molecule has 0 saturated carbocycles. The first-order valence-electron chi connectivity index (χ1n) is 11.4. The van der Waals surface area contributed by atoms with Gasteiger partial charge in [-0.15, -0.1) is 0 Å². The summed E-state index contributed by atoms with van der Waals surface area (Å²) < 4.78 is 42.4. The Hall–Kier alpha value is -3.70. The Morgan fingerprint density at radius 3 is 2.24 bits per heavy atom. The molecule has 194 valence electrons. The average molecular weight is 542 g/mol. The number of thiazole rings is 1. The number of benzene rings is 2. The van der Waals surface area contributed by atoms with Crippen molar-refractivity contribution in [3.05, 3.63) is 66.5 Å². The van der Waals surface area contributed by atoms with Gasteiger partial charge in [-0.1, -0.05) is 11.3 Å². The van der Waals surface area contributed by atoms with Gasteiger partial charge in [0.15, 0.2) is 15.0 Å². The third-order valence-electron chi connectivity index (χ3n) is 5.74. The summed E-state index contributed by atoms with van der Waals surface area (Å²) in [5, 5.41) is 0.470. The first kappa shape index (κ1) is 26.4. The van der Waals surface area contributed by atoms with Gasteiger partial charge in [-0.2, -0.15) is 0 Å². The molecule has 2 heterocycles. The molecule has 9 nitrogen and oxygen atoms in total. The molecule has 0 unspecified atom stereocenters. The van der Waals surface area contributed by atoms with Gasteiger partial charge in [0.1, 0.15) is 27.5 Å². The van der Waals surface area contributed by atoms with E-state index in [0.29, 0.717) is 27.9 Å². The van der Waals surface area contributed by atoms with E-state index in [1.165, 1.54) is 30.6 Å². The summed E-state index contributed by atoms with van der Waals surface area (Å²) in [7, 11) is 1.10. The Kier molecular flexibility index (Phi) is 8.24. The summed E-state index contributed by atoms with van der Waals surface area (Å²) in [6.07, 6.45) is 3.51. The molecule has 37 heavy (non-hydrogen) atoms. The molecule has 0 spiro atoms. The van der Waals surface area contributed by atoms with Crippen molar-refractivity contribution in [3.63, 3.8) is 0 Å². The van der Waals surface area contributed by atoms with Crippen molar-refractivity contribution in [2.45, 2.75) is 24.3 Å². The van der Waals surface area contributed by atoms with Crippen molar-refractivity contribution < 1.29 is 27.4 Å². The largest absolute Gasteiger partial charge is 0.497 e. The van der Waals surface area contributed by atoms with E-state index in [2.05, 4.69) is 4.98 Å². The Morgan fingerprint density at radius 2 is 1.59 bits per heavy atom. The third-order valence-corrected chi connectivity index (χ3v) is 8.65. The average Bonchev–Trinajstić information content (AvgIpc) is 3.37. The minimum Gasteiger partial charge on any atom is -0.497 e. The summed E-state index contributed by atoms with van der Waals surface area (Å²) >= 11 is 1.32. The maximum Gasteiger partial charge on any atom is 0.229 e.